The molecule has 0 saturated carbocycles. The van der Waals surface area contributed by atoms with Gasteiger partial charge in [-0.2, -0.15) is 0 Å². The lowest BCUT2D eigenvalue weighted by Gasteiger charge is -2.33. The molecule has 164 valence electrons. The number of likely N-dealkylation sites (tertiary alicyclic amines) is 1. The van der Waals surface area contributed by atoms with Crippen LogP contribution in [0.2, 0.25) is 0 Å². The highest BCUT2D eigenvalue weighted by molar-refractivity contribution is 6.12. The fourth-order valence-electron chi connectivity index (χ4n) is 4.29. The minimum absolute atomic E-state index is 0.272. The van der Waals surface area contributed by atoms with Gasteiger partial charge < -0.3 is 15.5 Å². The van der Waals surface area contributed by atoms with Crippen molar-refractivity contribution in [2.24, 2.45) is 4.99 Å². The van der Waals surface area contributed by atoms with Crippen molar-refractivity contribution in [3.63, 3.8) is 0 Å². The van der Waals surface area contributed by atoms with Crippen LogP contribution in [0.25, 0.3) is 0 Å². The molecule has 2 aromatic carbocycles. The van der Waals surface area contributed by atoms with Crippen LogP contribution in [0, 0.1) is 11.6 Å². The summed E-state index contributed by atoms with van der Waals surface area (Å²) in [6.07, 6.45) is 6.22. The molecule has 0 bridgehead atoms. The van der Waals surface area contributed by atoms with Crippen LogP contribution >= 0.6 is 0 Å². The second-order valence-electron chi connectivity index (χ2n) is 8.30. The predicted molar refractivity (Wildman–Crippen MR) is 120 cm³/mol. The highest BCUT2D eigenvalue weighted by Crippen LogP contribution is 2.32. The summed E-state index contributed by atoms with van der Waals surface area (Å²) in [6.45, 7) is 5.14. The van der Waals surface area contributed by atoms with Gasteiger partial charge in [-0.05, 0) is 68.6 Å². The number of piperidine rings is 1. The molecule has 0 spiro atoms. The van der Waals surface area contributed by atoms with Gasteiger partial charge in [-0.15, -0.1) is 0 Å². The van der Waals surface area contributed by atoms with Gasteiger partial charge in [0.05, 0.1) is 11.4 Å². The Morgan fingerprint density at radius 2 is 2.10 bits per heavy atom. The first-order valence-electron chi connectivity index (χ1n) is 10.9. The number of nitrogens with zero attached hydrogens (tertiary/aromatic N) is 2. The Balaban J connectivity index is 1.33. The van der Waals surface area contributed by atoms with E-state index in [0.29, 0.717) is 35.2 Å². The molecule has 4 rings (SSSR count). The Bertz CT molecular complexity index is 978. The molecule has 2 N–H and O–H groups in total. The fourth-order valence-corrected chi connectivity index (χ4v) is 4.29. The Labute approximate surface area is 181 Å². The molecule has 2 heterocycles. The standard InChI is InChI=1S/C24H28F2N4O/c1-16-5-2-3-11-30(16)12-4-10-27-23-9-7-18(14-21(23)26)28-15-20-19-13-17(25)6-8-22(19)29-24(20)31/h6-9,13-16,20,27H,2-5,10-12H2,1H3,(H,29,31). The largest absolute Gasteiger partial charge is 0.383 e. The van der Waals surface area contributed by atoms with Crippen molar-refractivity contribution >= 4 is 29.2 Å². The number of fused-ring (bicyclic) bond motifs is 1. The van der Waals surface area contributed by atoms with Crippen molar-refractivity contribution < 1.29 is 13.6 Å². The van der Waals surface area contributed by atoms with Crippen LogP contribution in [0.5, 0.6) is 0 Å². The van der Waals surface area contributed by atoms with E-state index in [-0.39, 0.29) is 11.7 Å². The van der Waals surface area contributed by atoms with E-state index in [4.69, 9.17) is 0 Å². The van der Waals surface area contributed by atoms with E-state index in [1.807, 2.05) is 0 Å². The smallest absolute Gasteiger partial charge is 0.237 e. The number of nitrogens with one attached hydrogen (secondary N) is 2. The van der Waals surface area contributed by atoms with Crippen LogP contribution in [-0.2, 0) is 4.79 Å². The van der Waals surface area contributed by atoms with Crippen molar-refractivity contribution in [2.75, 3.05) is 30.3 Å². The molecule has 31 heavy (non-hydrogen) atoms. The van der Waals surface area contributed by atoms with Gasteiger partial charge in [-0.3, -0.25) is 9.79 Å². The topological polar surface area (TPSA) is 56.7 Å². The van der Waals surface area contributed by atoms with Gasteiger partial charge in [0.1, 0.15) is 17.6 Å². The molecule has 7 heteroatoms. The van der Waals surface area contributed by atoms with E-state index in [2.05, 4.69) is 27.4 Å². The number of amides is 1. The Hall–Kier alpha value is -2.80. The second kappa shape index (κ2) is 9.56. The van der Waals surface area contributed by atoms with Gasteiger partial charge in [-0.1, -0.05) is 6.42 Å². The Morgan fingerprint density at radius 3 is 2.90 bits per heavy atom. The lowest BCUT2D eigenvalue weighted by atomic mass is 10.0. The zero-order valence-corrected chi connectivity index (χ0v) is 17.7. The molecule has 2 unspecified atom stereocenters. The molecule has 2 aromatic rings. The van der Waals surface area contributed by atoms with Crippen molar-refractivity contribution in [1.82, 2.24) is 4.90 Å². The van der Waals surface area contributed by atoms with Crippen LogP contribution in [0.4, 0.5) is 25.8 Å². The number of carbonyl (C=O) groups is 1. The van der Waals surface area contributed by atoms with Gasteiger partial charge in [0, 0.05) is 37.1 Å². The number of hydrogen-bond donors (Lipinski definition) is 2. The summed E-state index contributed by atoms with van der Waals surface area (Å²) < 4.78 is 28.0. The average Bonchev–Trinajstić information content (AvgIpc) is 3.06. The van der Waals surface area contributed by atoms with E-state index in [0.717, 1.165) is 19.5 Å². The van der Waals surface area contributed by atoms with Crippen molar-refractivity contribution in [3.8, 4) is 0 Å². The third kappa shape index (κ3) is 5.10. The van der Waals surface area contributed by atoms with Gasteiger partial charge in [-0.25, -0.2) is 8.78 Å². The first kappa shape index (κ1) is 21.4. The average molecular weight is 427 g/mol. The van der Waals surface area contributed by atoms with Crippen molar-refractivity contribution in [1.29, 1.82) is 0 Å². The summed E-state index contributed by atoms with van der Waals surface area (Å²) in [4.78, 5) is 18.9. The first-order chi connectivity index (χ1) is 15.0. The number of carbonyl (C=O) groups excluding carboxylic acids is 1. The molecule has 2 atom stereocenters. The quantitative estimate of drug-likeness (QED) is 0.480. The van der Waals surface area contributed by atoms with Crippen LogP contribution in [-0.4, -0.2) is 42.7 Å². The summed E-state index contributed by atoms with van der Waals surface area (Å²) in [7, 11) is 0. The van der Waals surface area contributed by atoms with Crippen molar-refractivity contribution in [3.05, 3.63) is 53.6 Å². The summed E-state index contributed by atoms with van der Waals surface area (Å²) in [5.74, 6) is -1.76. The molecular formula is C24H28F2N4O. The Morgan fingerprint density at radius 1 is 1.23 bits per heavy atom. The number of rotatable bonds is 7. The highest BCUT2D eigenvalue weighted by atomic mass is 19.1. The summed E-state index contributed by atoms with van der Waals surface area (Å²) >= 11 is 0. The first-order valence-corrected chi connectivity index (χ1v) is 10.9. The third-order valence-corrected chi connectivity index (χ3v) is 6.09. The second-order valence-corrected chi connectivity index (χ2v) is 8.30. The maximum absolute atomic E-state index is 14.5. The molecule has 0 aromatic heterocycles. The van der Waals surface area contributed by atoms with E-state index in [1.54, 1.807) is 12.1 Å². The van der Waals surface area contributed by atoms with Gasteiger partial charge in [0.2, 0.25) is 5.91 Å². The number of hydrogen-bond acceptors (Lipinski definition) is 4. The summed E-state index contributed by atoms with van der Waals surface area (Å²) in [5.41, 5.74) is 1.96. The molecule has 2 aliphatic rings. The van der Waals surface area contributed by atoms with Gasteiger partial charge in [0.25, 0.3) is 0 Å². The molecule has 2 aliphatic heterocycles. The number of anilines is 2. The number of benzene rings is 2. The highest BCUT2D eigenvalue weighted by Gasteiger charge is 2.29. The van der Waals surface area contributed by atoms with Gasteiger partial charge >= 0.3 is 0 Å². The predicted octanol–water partition coefficient (Wildman–Crippen LogP) is 5.08. The zero-order valence-electron chi connectivity index (χ0n) is 17.7. The monoisotopic (exact) mass is 426 g/mol. The van der Waals surface area contributed by atoms with Crippen molar-refractivity contribution in [2.45, 2.75) is 44.6 Å². The van der Waals surface area contributed by atoms with E-state index in [1.165, 1.54) is 49.7 Å². The zero-order chi connectivity index (χ0) is 21.8. The van der Waals surface area contributed by atoms with Gasteiger partial charge in [0.15, 0.2) is 0 Å². The molecule has 1 amide bonds. The minimum atomic E-state index is -0.691. The van der Waals surface area contributed by atoms with E-state index < -0.39 is 11.7 Å². The van der Waals surface area contributed by atoms with E-state index in [9.17, 15) is 13.6 Å². The molecule has 0 aliphatic carbocycles. The molecule has 1 saturated heterocycles. The number of aliphatic imine (C=N–C) groups is 1. The SMILES string of the molecule is CC1CCCCN1CCCNc1ccc(N=CC2C(=O)Nc3ccc(F)cc32)cc1F. The van der Waals surface area contributed by atoms with Crippen LogP contribution in [0.3, 0.4) is 0 Å². The van der Waals surface area contributed by atoms with Crippen LogP contribution < -0.4 is 10.6 Å². The van der Waals surface area contributed by atoms with Crippen LogP contribution in [0.15, 0.2) is 41.4 Å². The molecule has 0 radical (unpaired) electrons. The van der Waals surface area contributed by atoms with E-state index >= 15 is 0 Å². The molecule has 1 fully saturated rings. The molecule has 5 nitrogen and oxygen atoms in total. The normalized spacial score (nSPS) is 21.3. The summed E-state index contributed by atoms with van der Waals surface area (Å²) in [6, 6.07) is 9.48. The Kier molecular flexibility index (Phi) is 6.61. The molecular weight excluding hydrogens is 398 g/mol. The third-order valence-electron chi connectivity index (χ3n) is 6.09. The lowest BCUT2D eigenvalue weighted by molar-refractivity contribution is -0.115. The minimum Gasteiger partial charge on any atom is -0.383 e. The maximum atomic E-state index is 14.5. The lowest BCUT2D eigenvalue weighted by Crippen LogP contribution is -2.38. The van der Waals surface area contributed by atoms with Crippen LogP contribution in [0.1, 0.15) is 44.1 Å². The number of halogens is 2. The fraction of sp³-hybridized carbons (Fsp3) is 0.417. The maximum Gasteiger partial charge on any atom is 0.237 e. The summed E-state index contributed by atoms with van der Waals surface area (Å²) in [5, 5.41) is 5.86.